The molecule has 3 rings (SSSR count). The molecule has 2 fully saturated rings. The molecule has 1 N–H and O–H groups in total. The molecular weight excluding hydrogens is 294 g/mol. The van der Waals surface area contributed by atoms with Gasteiger partial charge in [0.15, 0.2) is 0 Å². The highest BCUT2D eigenvalue weighted by Gasteiger charge is 2.30. The van der Waals surface area contributed by atoms with E-state index in [0.717, 1.165) is 63.0 Å². The maximum Gasteiger partial charge on any atom is 0.251 e. The van der Waals surface area contributed by atoms with Crippen LogP contribution in [0.3, 0.4) is 0 Å². The van der Waals surface area contributed by atoms with Crippen LogP contribution in [0.1, 0.15) is 25.6 Å². The molecule has 2 aliphatic heterocycles. The summed E-state index contributed by atoms with van der Waals surface area (Å²) < 4.78 is 5.50. The maximum absolute atomic E-state index is 12.4. The van der Waals surface area contributed by atoms with Gasteiger partial charge in [0, 0.05) is 45.4 Å². The number of hydrogen-bond acceptors (Lipinski definition) is 6. The highest BCUT2D eigenvalue weighted by molar-refractivity contribution is 5.81. The van der Waals surface area contributed by atoms with Crippen LogP contribution in [0.4, 0.5) is 11.6 Å². The van der Waals surface area contributed by atoms with Crippen molar-refractivity contribution in [2.24, 2.45) is 0 Å². The number of carbonyl (C=O) groups is 1. The summed E-state index contributed by atoms with van der Waals surface area (Å²) in [5.74, 6) is 2.69. The van der Waals surface area contributed by atoms with Crippen molar-refractivity contribution in [3.05, 3.63) is 11.9 Å². The van der Waals surface area contributed by atoms with E-state index in [1.165, 1.54) is 0 Å². The summed E-state index contributed by atoms with van der Waals surface area (Å²) in [7, 11) is 0. The molecule has 0 spiro atoms. The fourth-order valence-corrected chi connectivity index (χ4v) is 3.12. The third kappa shape index (κ3) is 3.72. The molecule has 23 heavy (non-hydrogen) atoms. The van der Waals surface area contributed by atoms with Gasteiger partial charge in [-0.25, -0.2) is 9.97 Å². The Kier molecular flexibility index (Phi) is 4.95. The highest BCUT2D eigenvalue weighted by Crippen LogP contribution is 2.20. The van der Waals surface area contributed by atoms with Crippen molar-refractivity contribution in [2.45, 2.75) is 32.8 Å². The molecule has 1 aromatic rings. The van der Waals surface area contributed by atoms with Crippen LogP contribution < -0.4 is 10.2 Å². The van der Waals surface area contributed by atoms with E-state index >= 15 is 0 Å². The Hall–Kier alpha value is -1.89. The molecule has 0 aliphatic carbocycles. The maximum atomic E-state index is 12.4. The average molecular weight is 319 g/mol. The van der Waals surface area contributed by atoms with Gasteiger partial charge < -0.3 is 19.9 Å². The Morgan fingerprint density at radius 2 is 2.13 bits per heavy atom. The predicted octanol–water partition coefficient (Wildman–Crippen LogP) is 1.04. The van der Waals surface area contributed by atoms with E-state index in [1.807, 2.05) is 24.8 Å². The number of nitrogens with zero attached hydrogens (tertiary/aromatic N) is 4. The molecule has 1 atom stereocenters. The van der Waals surface area contributed by atoms with E-state index < -0.39 is 0 Å². The minimum Gasteiger partial charge on any atom is -0.370 e. The number of aromatic nitrogens is 2. The number of ether oxygens (including phenoxy) is 1. The number of aryl methyl sites for hydroxylation is 1. The van der Waals surface area contributed by atoms with Gasteiger partial charge in [-0.2, -0.15) is 0 Å². The number of anilines is 2. The number of amides is 1. The molecule has 3 heterocycles. The van der Waals surface area contributed by atoms with Crippen molar-refractivity contribution in [2.75, 3.05) is 49.5 Å². The Morgan fingerprint density at radius 3 is 2.78 bits per heavy atom. The summed E-state index contributed by atoms with van der Waals surface area (Å²) in [6, 6.07) is 1.98. The number of hydrogen-bond donors (Lipinski definition) is 1. The van der Waals surface area contributed by atoms with E-state index in [0.29, 0.717) is 6.61 Å². The van der Waals surface area contributed by atoms with Gasteiger partial charge in [0.1, 0.15) is 23.6 Å². The number of carbonyl (C=O) groups excluding carboxylic acids is 1. The topological polar surface area (TPSA) is 70.6 Å². The Morgan fingerprint density at radius 1 is 1.35 bits per heavy atom. The second-order valence-corrected chi connectivity index (χ2v) is 6.00. The molecule has 1 amide bonds. The van der Waals surface area contributed by atoms with Gasteiger partial charge in [0.05, 0.1) is 0 Å². The smallest absolute Gasteiger partial charge is 0.251 e. The zero-order chi connectivity index (χ0) is 16.2. The number of piperazine rings is 1. The van der Waals surface area contributed by atoms with Crippen molar-refractivity contribution in [3.63, 3.8) is 0 Å². The monoisotopic (exact) mass is 319 g/mol. The minimum absolute atomic E-state index is 0.148. The first-order valence-corrected chi connectivity index (χ1v) is 8.42. The molecule has 0 aromatic carbocycles. The fourth-order valence-electron chi connectivity index (χ4n) is 3.12. The summed E-state index contributed by atoms with van der Waals surface area (Å²) in [6.07, 6.45) is 1.63. The SMILES string of the molecule is CCNc1cc(N2CCN(C(=O)C3CCCO3)CC2)nc(C)n1. The molecule has 126 valence electrons. The van der Waals surface area contributed by atoms with Gasteiger partial charge in [-0.15, -0.1) is 0 Å². The quantitative estimate of drug-likeness (QED) is 0.894. The molecule has 7 heteroatoms. The molecule has 2 saturated heterocycles. The lowest BCUT2D eigenvalue weighted by atomic mass is 10.2. The summed E-state index contributed by atoms with van der Waals surface area (Å²) in [5, 5.41) is 3.23. The van der Waals surface area contributed by atoms with E-state index in [1.54, 1.807) is 0 Å². The van der Waals surface area contributed by atoms with Crippen LogP contribution in [0.5, 0.6) is 0 Å². The molecule has 7 nitrogen and oxygen atoms in total. The normalized spacial score (nSPS) is 21.6. The van der Waals surface area contributed by atoms with E-state index in [4.69, 9.17) is 4.74 Å². The first-order valence-electron chi connectivity index (χ1n) is 8.42. The van der Waals surface area contributed by atoms with Crippen LogP contribution in [0, 0.1) is 6.92 Å². The minimum atomic E-state index is -0.219. The third-order valence-corrected chi connectivity index (χ3v) is 4.30. The van der Waals surface area contributed by atoms with E-state index in [-0.39, 0.29) is 12.0 Å². The van der Waals surface area contributed by atoms with Crippen LogP contribution in [0.2, 0.25) is 0 Å². The Balaban J connectivity index is 1.61. The molecule has 1 aromatic heterocycles. The Labute approximate surface area is 137 Å². The zero-order valence-electron chi connectivity index (χ0n) is 13.9. The predicted molar refractivity (Wildman–Crippen MR) is 88.7 cm³/mol. The van der Waals surface area contributed by atoms with Crippen molar-refractivity contribution in [1.82, 2.24) is 14.9 Å². The largest absolute Gasteiger partial charge is 0.370 e. The van der Waals surface area contributed by atoms with Gasteiger partial charge in [-0.05, 0) is 26.7 Å². The van der Waals surface area contributed by atoms with Gasteiger partial charge in [0.25, 0.3) is 5.91 Å². The van der Waals surface area contributed by atoms with Crippen molar-refractivity contribution in [3.8, 4) is 0 Å². The average Bonchev–Trinajstić information content (AvgIpc) is 3.08. The summed E-state index contributed by atoms with van der Waals surface area (Å²) in [4.78, 5) is 25.4. The van der Waals surface area contributed by atoms with Crippen molar-refractivity contribution in [1.29, 1.82) is 0 Å². The molecule has 0 bridgehead atoms. The standard InChI is InChI=1S/C16H25N5O2/c1-3-17-14-11-15(19-12(2)18-14)20-6-8-21(9-7-20)16(22)13-5-4-10-23-13/h11,13H,3-10H2,1-2H3,(H,17,18,19). The third-order valence-electron chi connectivity index (χ3n) is 4.30. The van der Waals surface area contributed by atoms with Crippen LogP contribution in [0.15, 0.2) is 6.07 Å². The van der Waals surface area contributed by atoms with E-state index in [9.17, 15) is 4.79 Å². The number of rotatable bonds is 4. The second kappa shape index (κ2) is 7.12. The summed E-state index contributed by atoms with van der Waals surface area (Å²) in [6.45, 7) is 8.52. The van der Waals surface area contributed by atoms with Crippen LogP contribution in [0.25, 0.3) is 0 Å². The molecule has 1 unspecified atom stereocenters. The first-order chi connectivity index (χ1) is 11.2. The molecular formula is C16H25N5O2. The van der Waals surface area contributed by atoms with Crippen LogP contribution >= 0.6 is 0 Å². The molecule has 0 saturated carbocycles. The van der Waals surface area contributed by atoms with Gasteiger partial charge >= 0.3 is 0 Å². The van der Waals surface area contributed by atoms with Crippen molar-refractivity contribution < 1.29 is 9.53 Å². The van der Waals surface area contributed by atoms with Gasteiger partial charge in [-0.1, -0.05) is 0 Å². The van der Waals surface area contributed by atoms with Gasteiger partial charge in [-0.3, -0.25) is 4.79 Å². The fraction of sp³-hybridized carbons (Fsp3) is 0.688. The lowest BCUT2D eigenvalue weighted by Crippen LogP contribution is -2.51. The second-order valence-electron chi connectivity index (χ2n) is 6.00. The lowest BCUT2D eigenvalue weighted by Gasteiger charge is -2.36. The van der Waals surface area contributed by atoms with Gasteiger partial charge in [0.2, 0.25) is 0 Å². The van der Waals surface area contributed by atoms with E-state index in [2.05, 4.69) is 20.2 Å². The van der Waals surface area contributed by atoms with Crippen molar-refractivity contribution >= 4 is 17.5 Å². The zero-order valence-corrected chi connectivity index (χ0v) is 13.9. The molecule has 2 aliphatic rings. The molecule has 0 radical (unpaired) electrons. The van der Waals surface area contributed by atoms with Crippen LogP contribution in [-0.4, -0.2) is 66.2 Å². The van der Waals surface area contributed by atoms with Crippen LogP contribution in [-0.2, 0) is 9.53 Å². The Bertz CT molecular complexity index is 551. The lowest BCUT2D eigenvalue weighted by molar-refractivity contribution is -0.141. The number of nitrogens with one attached hydrogen (secondary N) is 1. The summed E-state index contributed by atoms with van der Waals surface area (Å²) >= 11 is 0. The summed E-state index contributed by atoms with van der Waals surface area (Å²) in [5.41, 5.74) is 0. The highest BCUT2D eigenvalue weighted by atomic mass is 16.5. The first kappa shape index (κ1) is 16.0.